The van der Waals surface area contributed by atoms with Crippen molar-refractivity contribution in [3.8, 4) is 0 Å². The molecule has 4 heteroatoms. The van der Waals surface area contributed by atoms with E-state index in [9.17, 15) is 5.11 Å². The highest BCUT2D eigenvalue weighted by Crippen LogP contribution is 2.22. The zero-order chi connectivity index (χ0) is 12.0. The molecule has 0 saturated carbocycles. The van der Waals surface area contributed by atoms with Gasteiger partial charge in [0.15, 0.2) is 0 Å². The summed E-state index contributed by atoms with van der Waals surface area (Å²) in [6, 6.07) is 7.71. The quantitative estimate of drug-likeness (QED) is 0.786. The number of hydrogen-bond acceptors (Lipinski definition) is 3. The van der Waals surface area contributed by atoms with Gasteiger partial charge in [-0.15, -0.1) is 0 Å². The van der Waals surface area contributed by atoms with E-state index in [1.807, 2.05) is 24.3 Å². The van der Waals surface area contributed by atoms with Gasteiger partial charge in [0.1, 0.15) is 0 Å². The molecule has 0 radical (unpaired) electrons. The molecule has 0 heterocycles. The number of methoxy groups -OCH3 is 1. The molecule has 0 aliphatic rings. The van der Waals surface area contributed by atoms with Crippen LogP contribution in [0.15, 0.2) is 28.7 Å². The van der Waals surface area contributed by atoms with Crippen LogP contribution in [0.2, 0.25) is 0 Å². The lowest BCUT2D eigenvalue weighted by Crippen LogP contribution is -2.36. The van der Waals surface area contributed by atoms with E-state index in [0.29, 0.717) is 13.2 Å². The standard InChI is InChI=1S/C12H18BrNO2/c1-12(15,9-14-6-7-16-2)10-4-3-5-11(13)8-10/h3-5,8,14-15H,6-7,9H2,1-2H3. The lowest BCUT2D eigenvalue weighted by Gasteiger charge is -2.24. The third-order valence-electron chi connectivity index (χ3n) is 2.40. The fourth-order valence-corrected chi connectivity index (χ4v) is 1.83. The Kier molecular flexibility index (Phi) is 5.41. The van der Waals surface area contributed by atoms with Crippen LogP contribution in [0.3, 0.4) is 0 Å². The first-order chi connectivity index (χ1) is 7.56. The van der Waals surface area contributed by atoms with Gasteiger partial charge in [0, 0.05) is 24.7 Å². The van der Waals surface area contributed by atoms with Crippen LogP contribution in [0.25, 0.3) is 0 Å². The smallest absolute Gasteiger partial charge is 0.0992 e. The Morgan fingerprint density at radius 2 is 2.25 bits per heavy atom. The first-order valence-corrected chi connectivity index (χ1v) is 6.03. The average molecular weight is 288 g/mol. The molecule has 1 aromatic carbocycles. The predicted octanol–water partition coefficient (Wildman–Crippen LogP) is 1.89. The molecule has 1 unspecified atom stereocenters. The van der Waals surface area contributed by atoms with Crippen molar-refractivity contribution < 1.29 is 9.84 Å². The second-order valence-electron chi connectivity index (χ2n) is 3.95. The Balaban J connectivity index is 2.55. The maximum Gasteiger partial charge on any atom is 0.0992 e. The molecule has 1 atom stereocenters. The highest BCUT2D eigenvalue weighted by Gasteiger charge is 2.22. The van der Waals surface area contributed by atoms with E-state index in [0.717, 1.165) is 16.6 Å². The summed E-state index contributed by atoms with van der Waals surface area (Å²) in [7, 11) is 1.66. The molecular weight excluding hydrogens is 270 g/mol. The van der Waals surface area contributed by atoms with E-state index in [1.165, 1.54) is 0 Å². The Hall–Kier alpha value is -0.420. The monoisotopic (exact) mass is 287 g/mol. The molecule has 3 nitrogen and oxygen atoms in total. The molecular formula is C12H18BrNO2. The van der Waals surface area contributed by atoms with E-state index in [-0.39, 0.29) is 0 Å². The van der Waals surface area contributed by atoms with Crippen molar-refractivity contribution >= 4 is 15.9 Å². The van der Waals surface area contributed by atoms with Crippen LogP contribution in [-0.2, 0) is 10.3 Å². The lowest BCUT2D eigenvalue weighted by molar-refractivity contribution is 0.0549. The molecule has 0 saturated heterocycles. The number of rotatable bonds is 6. The molecule has 0 aromatic heterocycles. The second-order valence-corrected chi connectivity index (χ2v) is 4.87. The molecule has 0 bridgehead atoms. The maximum atomic E-state index is 10.3. The van der Waals surface area contributed by atoms with E-state index < -0.39 is 5.60 Å². The summed E-state index contributed by atoms with van der Waals surface area (Å²) in [5.41, 5.74) is 0.0316. The molecule has 1 rings (SSSR count). The van der Waals surface area contributed by atoms with Crippen molar-refractivity contribution in [3.05, 3.63) is 34.3 Å². The number of aliphatic hydroxyl groups is 1. The summed E-state index contributed by atoms with van der Waals surface area (Å²) in [6.07, 6.45) is 0. The van der Waals surface area contributed by atoms with Gasteiger partial charge in [0.05, 0.1) is 12.2 Å². The molecule has 2 N–H and O–H groups in total. The minimum Gasteiger partial charge on any atom is -0.384 e. The SMILES string of the molecule is COCCNCC(C)(O)c1cccc(Br)c1. The Labute approximate surface area is 105 Å². The highest BCUT2D eigenvalue weighted by atomic mass is 79.9. The number of hydrogen-bond donors (Lipinski definition) is 2. The van der Waals surface area contributed by atoms with Crippen LogP contribution in [0.1, 0.15) is 12.5 Å². The summed E-state index contributed by atoms with van der Waals surface area (Å²) in [6.45, 7) is 3.69. The highest BCUT2D eigenvalue weighted by molar-refractivity contribution is 9.10. The van der Waals surface area contributed by atoms with Gasteiger partial charge in [0.2, 0.25) is 0 Å². The maximum absolute atomic E-state index is 10.3. The molecule has 0 fully saturated rings. The van der Waals surface area contributed by atoms with Crippen molar-refractivity contribution in [2.24, 2.45) is 0 Å². The summed E-state index contributed by atoms with van der Waals surface area (Å²) in [5, 5.41) is 13.4. The average Bonchev–Trinajstić information content (AvgIpc) is 2.24. The van der Waals surface area contributed by atoms with Gasteiger partial charge in [-0.25, -0.2) is 0 Å². The van der Waals surface area contributed by atoms with Crippen LogP contribution in [0.4, 0.5) is 0 Å². The third-order valence-corrected chi connectivity index (χ3v) is 2.89. The van der Waals surface area contributed by atoms with Crippen molar-refractivity contribution in [3.63, 3.8) is 0 Å². The predicted molar refractivity (Wildman–Crippen MR) is 68.5 cm³/mol. The van der Waals surface area contributed by atoms with Gasteiger partial charge < -0.3 is 15.2 Å². The topological polar surface area (TPSA) is 41.5 Å². The third kappa shape index (κ3) is 4.22. The molecule has 0 aliphatic carbocycles. The van der Waals surface area contributed by atoms with Crippen molar-refractivity contribution in [2.75, 3.05) is 26.8 Å². The van der Waals surface area contributed by atoms with Gasteiger partial charge in [-0.2, -0.15) is 0 Å². The fraction of sp³-hybridized carbons (Fsp3) is 0.500. The zero-order valence-electron chi connectivity index (χ0n) is 9.66. The first-order valence-electron chi connectivity index (χ1n) is 5.24. The van der Waals surface area contributed by atoms with Crippen LogP contribution in [0, 0.1) is 0 Å². The molecule has 16 heavy (non-hydrogen) atoms. The first kappa shape index (κ1) is 13.6. The van der Waals surface area contributed by atoms with E-state index in [1.54, 1.807) is 14.0 Å². The Morgan fingerprint density at radius 3 is 2.88 bits per heavy atom. The van der Waals surface area contributed by atoms with Crippen LogP contribution in [-0.4, -0.2) is 31.9 Å². The largest absolute Gasteiger partial charge is 0.384 e. The molecule has 0 spiro atoms. The van der Waals surface area contributed by atoms with Gasteiger partial charge in [-0.05, 0) is 24.6 Å². The Bertz CT molecular complexity index is 329. The van der Waals surface area contributed by atoms with E-state index >= 15 is 0 Å². The van der Waals surface area contributed by atoms with Crippen molar-refractivity contribution in [1.82, 2.24) is 5.32 Å². The summed E-state index contributed by atoms with van der Waals surface area (Å²) in [5.74, 6) is 0. The van der Waals surface area contributed by atoms with Gasteiger partial charge >= 0.3 is 0 Å². The van der Waals surface area contributed by atoms with Gasteiger partial charge in [0.25, 0.3) is 0 Å². The number of nitrogens with one attached hydrogen (secondary N) is 1. The zero-order valence-corrected chi connectivity index (χ0v) is 11.3. The Morgan fingerprint density at radius 1 is 1.50 bits per heavy atom. The second kappa shape index (κ2) is 6.35. The normalized spacial score (nSPS) is 14.8. The molecule has 1 aromatic rings. The van der Waals surface area contributed by atoms with Crippen molar-refractivity contribution in [2.45, 2.75) is 12.5 Å². The fourth-order valence-electron chi connectivity index (χ4n) is 1.43. The van der Waals surface area contributed by atoms with Gasteiger partial charge in [-0.1, -0.05) is 28.1 Å². The van der Waals surface area contributed by atoms with Crippen LogP contribution < -0.4 is 5.32 Å². The van der Waals surface area contributed by atoms with Crippen LogP contribution >= 0.6 is 15.9 Å². The minimum atomic E-state index is -0.864. The minimum absolute atomic E-state index is 0.507. The summed E-state index contributed by atoms with van der Waals surface area (Å²) < 4.78 is 5.90. The molecule has 90 valence electrons. The summed E-state index contributed by atoms with van der Waals surface area (Å²) in [4.78, 5) is 0. The lowest BCUT2D eigenvalue weighted by atomic mass is 9.96. The van der Waals surface area contributed by atoms with Crippen molar-refractivity contribution in [1.29, 1.82) is 0 Å². The summed E-state index contributed by atoms with van der Waals surface area (Å²) >= 11 is 3.40. The molecule has 0 aliphatic heterocycles. The number of ether oxygens (including phenoxy) is 1. The molecule has 0 amide bonds. The van der Waals surface area contributed by atoms with Gasteiger partial charge in [-0.3, -0.25) is 0 Å². The van der Waals surface area contributed by atoms with E-state index in [2.05, 4.69) is 21.2 Å². The van der Waals surface area contributed by atoms with E-state index in [4.69, 9.17) is 4.74 Å². The number of halogens is 1. The number of benzene rings is 1. The van der Waals surface area contributed by atoms with Crippen LogP contribution in [0.5, 0.6) is 0 Å².